The number of aliphatic hydroxyl groups is 1. The molecule has 3 atom stereocenters. The average molecular weight is 222 g/mol. The molecule has 1 nitrogen and oxygen atoms in total. The quantitative estimate of drug-likeness (QED) is 0.754. The summed E-state index contributed by atoms with van der Waals surface area (Å²) in [4.78, 5) is 0. The molecule has 0 aliphatic heterocycles. The van der Waals surface area contributed by atoms with Crippen LogP contribution in [0.15, 0.2) is 0 Å². The molecule has 4 bridgehead atoms. The molecular formula is C15H26O. The zero-order valence-corrected chi connectivity index (χ0v) is 11.1. The van der Waals surface area contributed by atoms with E-state index in [1.165, 1.54) is 38.5 Å². The molecular weight excluding hydrogens is 196 g/mol. The van der Waals surface area contributed by atoms with Gasteiger partial charge in [-0.05, 0) is 67.1 Å². The van der Waals surface area contributed by atoms with Gasteiger partial charge in [0.25, 0.3) is 0 Å². The minimum atomic E-state index is -0.0467. The maximum Gasteiger partial charge on any atom is 0.0594 e. The second-order valence-corrected chi connectivity index (χ2v) is 7.92. The molecule has 0 aromatic carbocycles. The van der Waals surface area contributed by atoms with Gasteiger partial charge in [-0.2, -0.15) is 0 Å². The third-order valence-electron chi connectivity index (χ3n) is 5.76. The smallest absolute Gasteiger partial charge is 0.0594 e. The highest BCUT2D eigenvalue weighted by Crippen LogP contribution is 2.70. The number of hydrogen-bond acceptors (Lipinski definition) is 1. The lowest BCUT2D eigenvalue weighted by molar-refractivity contribution is -0.185. The van der Waals surface area contributed by atoms with Crippen molar-refractivity contribution in [3.8, 4) is 0 Å². The summed E-state index contributed by atoms with van der Waals surface area (Å²) in [5, 5.41) is 10.5. The van der Waals surface area contributed by atoms with E-state index in [1.807, 2.05) is 0 Å². The Hall–Kier alpha value is -0.0400. The van der Waals surface area contributed by atoms with Crippen LogP contribution in [0.5, 0.6) is 0 Å². The predicted octanol–water partition coefficient (Wildman–Crippen LogP) is 3.75. The first-order valence-electron chi connectivity index (χ1n) is 7.07. The van der Waals surface area contributed by atoms with Crippen LogP contribution in [0.4, 0.5) is 0 Å². The third-order valence-corrected chi connectivity index (χ3v) is 5.76. The van der Waals surface area contributed by atoms with Crippen LogP contribution in [0.25, 0.3) is 0 Å². The van der Waals surface area contributed by atoms with E-state index in [2.05, 4.69) is 20.8 Å². The molecule has 0 radical (unpaired) electrons. The molecule has 4 rings (SSSR count). The predicted molar refractivity (Wildman–Crippen MR) is 66.1 cm³/mol. The van der Waals surface area contributed by atoms with E-state index >= 15 is 0 Å². The van der Waals surface area contributed by atoms with Crippen LogP contribution < -0.4 is 0 Å². The number of hydrogen-bond donors (Lipinski definition) is 1. The molecule has 0 aromatic rings. The Labute approximate surface area is 99.6 Å². The van der Waals surface area contributed by atoms with Gasteiger partial charge in [-0.25, -0.2) is 0 Å². The van der Waals surface area contributed by atoms with Crippen molar-refractivity contribution in [2.75, 3.05) is 0 Å². The summed E-state index contributed by atoms with van der Waals surface area (Å²) in [6.45, 7) is 7.10. The van der Waals surface area contributed by atoms with E-state index in [0.29, 0.717) is 10.8 Å². The van der Waals surface area contributed by atoms with E-state index < -0.39 is 0 Å². The largest absolute Gasteiger partial charge is 0.393 e. The summed E-state index contributed by atoms with van der Waals surface area (Å²) < 4.78 is 0. The Morgan fingerprint density at radius 3 is 2.06 bits per heavy atom. The second kappa shape index (κ2) is 3.04. The van der Waals surface area contributed by atoms with Gasteiger partial charge in [0.1, 0.15) is 0 Å². The van der Waals surface area contributed by atoms with Crippen molar-refractivity contribution in [3.05, 3.63) is 0 Å². The fourth-order valence-electron chi connectivity index (χ4n) is 6.34. The van der Waals surface area contributed by atoms with Crippen LogP contribution >= 0.6 is 0 Å². The molecule has 0 spiro atoms. The fourth-order valence-corrected chi connectivity index (χ4v) is 6.34. The van der Waals surface area contributed by atoms with E-state index in [9.17, 15) is 5.11 Å². The number of aliphatic hydroxyl groups excluding tert-OH is 1. The summed E-state index contributed by atoms with van der Waals surface area (Å²) >= 11 is 0. The van der Waals surface area contributed by atoms with Gasteiger partial charge in [0, 0.05) is 0 Å². The third kappa shape index (κ3) is 1.40. The molecule has 4 fully saturated rings. The van der Waals surface area contributed by atoms with E-state index in [1.54, 1.807) is 0 Å². The Morgan fingerprint density at radius 2 is 1.62 bits per heavy atom. The van der Waals surface area contributed by atoms with Gasteiger partial charge in [0.05, 0.1) is 6.10 Å². The van der Waals surface area contributed by atoms with Gasteiger partial charge < -0.3 is 5.11 Å². The summed E-state index contributed by atoms with van der Waals surface area (Å²) in [6, 6.07) is 0. The molecule has 0 amide bonds. The maximum absolute atomic E-state index is 10.5. The minimum Gasteiger partial charge on any atom is -0.393 e. The Bertz CT molecular complexity index is 291. The normalized spacial score (nSPS) is 56.6. The van der Waals surface area contributed by atoms with Gasteiger partial charge in [0.2, 0.25) is 0 Å². The molecule has 1 N–H and O–H groups in total. The molecule has 4 aliphatic rings. The summed E-state index contributed by atoms with van der Waals surface area (Å²) in [5.41, 5.74) is 1.38. The Balaban J connectivity index is 1.98. The van der Waals surface area contributed by atoms with Crippen molar-refractivity contribution in [1.29, 1.82) is 0 Å². The zero-order chi connectivity index (χ0) is 11.6. The van der Waals surface area contributed by atoms with Gasteiger partial charge in [-0.3, -0.25) is 0 Å². The van der Waals surface area contributed by atoms with Crippen LogP contribution in [-0.2, 0) is 0 Å². The topological polar surface area (TPSA) is 20.2 Å². The highest BCUT2D eigenvalue weighted by molar-refractivity contribution is 5.12. The van der Waals surface area contributed by atoms with E-state index in [4.69, 9.17) is 0 Å². The molecule has 2 unspecified atom stereocenters. The van der Waals surface area contributed by atoms with Gasteiger partial charge >= 0.3 is 0 Å². The maximum atomic E-state index is 10.5. The first-order valence-corrected chi connectivity index (χ1v) is 7.07. The lowest BCUT2D eigenvalue weighted by Crippen LogP contribution is -2.58. The van der Waals surface area contributed by atoms with Crippen molar-refractivity contribution >= 4 is 0 Å². The van der Waals surface area contributed by atoms with Crippen LogP contribution in [0.1, 0.15) is 65.7 Å². The molecule has 0 saturated heterocycles. The standard InChI is InChI=1S/C15H26O/c1-4-12(16)15-7-11-5-13(2,9-15)8-14(3,6-11)10-15/h11-12,16H,4-10H2,1-3H3/t11?,12-,13?,14?,15?/m0/s1. The molecule has 1 heteroatoms. The first-order chi connectivity index (χ1) is 7.39. The summed E-state index contributed by atoms with van der Waals surface area (Å²) in [6.07, 6.45) is 9.07. The monoisotopic (exact) mass is 222 g/mol. The van der Waals surface area contributed by atoms with E-state index in [0.717, 1.165) is 12.3 Å². The number of rotatable bonds is 2. The molecule has 4 saturated carbocycles. The van der Waals surface area contributed by atoms with Crippen LogP contribution in [0.2, 0.25) is 0 Å². The fraction of sp³-hybridized carbons (Fsp3) is 1.00. The van der Waals surface area contributed by atoms with Gasteiger partial charge in [-0.1, -0.05) is 20.8 Å². The van der Waals surface area contributed by atoms with Crippen molar-refractivity contribution in [1.82, 2.24) is 0 Å². The molecule has 16 heavy (non-hydrogen) atoms. The first kappa shape index (κ1) is 11.1. The highest BCUT2D eigenvalue weighted by Gasteiger charge is 2.61. The lowest BCUT2D eigenvalue weighted by Gasteiger charge is -2.66. The van der Waals surface area contributed by atoms with Crippen molar-refractivity contribution < 1.29 is 5.11 Å². The van der Waals surface area contributed by atoms with Gasteiger partial charge in [0.15, 0.2) is 0 Å². The molecule has 0 aromatic heterocycles. The molecule has 92 valence electrons. The van der Waals surface area contributed by atoms with Crippen LogP contribution in [0, 0.1) is 22.2 Å². The van der Waals surface area contributed by atoms with Crippen molar-refractivity contribution in [2.45, 2.75) is 71.8 Å². The highest BCUT2D eigenvalue weighted by atomic mass is 16.3. The SMILES string of the molecule is CC[C@H](O)C12CC3CC(C)(CC(C)(C3)C1)C2. The summed E-state index contributed by atoms with van der Waals surface area (Å²) in [5.74, 6) is 0.910. The van der Waals surface area contributed by atoms with Gasteiger partial charge in [-0.15, -0.1) is 0 Å². The Kier molecular flexibility index (Phi) is 2.11. The lowest BCUT2D eigenvalue weighted by atomic mass is 9.39. The summed E-state index contributed by atoms with van der Waals surface area (Å²) in [7, 11) is 0. The van der Waals surface area contributed by atoms with Crippen LogP contribution in [-0.4, -0.2) is 11.2 Å². The van der Waals surface area contributed by atoms with Crippen molar-refractivity contribution in [2.24, 2.45) is 22.2 Å². The van der Waals surface area contributed by atoms with Crippen LogP contribution in [0.3, 0.4) is 0 Å². The zero-order valence-electron chi connectivity index (χ0n) is 11.1. The average Bonchev–Trinajstić information content (AvgIpc) is 2.10. The molecule has 4 aliphatic carbocycles. The van der Waals surface area contributed by atoms with E-state index in [-0.39, 0.29) is 11.5 Å². The second-order valence-electron chi connectivity index (χ2n) is 7.92. The minimum absolute atomic E-state index is 0.0467. The Morgan fingerprint density at radius 1 is 1.06 bits per heavy atom. The molecule has 0 heterocycles. The van der Waals surface area contributed by atoms with Crippen molar-refractivity contribution in [3.63, 3.8) is 0 Å².